The molecule has 0 bridgehead atoms. The summed E-state index contributed by atoms with van der Waals surface area (Å²) < 4.78 is 15.9. The number of alkyl halides is 1. The largest absolute Gasteiger partial charge is 0.390 e. The van der Waals surface area contributed by atoms with Crippen LogP contribution in [0.15, 0.2) is 41.8 Å². The zero-order valence-electron chi connectivity index (χ0n) is 15.0. The van der Waals surface area contributed by atoms with E-state index in [2.05, 4.69) is 15.5 Å². The number of piperazine rings is 1. The van der Waals surface area contributed by atoms with Gasteiger partial charge in [-0.25, -0.2) is 9.07 Å². The lowest BCUT2D eigenvalue weighted by molar-refractivity contribution is -0.135. The Morgan fingerprint density at radius 1 is 1.30 bits per heavy atom. The van der Waals surface area contributed by atoms with Gasteiger partial charge >= 0.3 is 0 Å². The molecule has 0 radical (unpaired) electrons. The van der Waals surface area contributed by atoms with E-state index in [0.29, 0.717) is 26.1 Å². The van der Waals surface area contributed by atoms with Gasteiger partial charge in [0.1, 0.15) is 0 Å². The van der Waals surface area contributed by atoms with Crippen molar-refractivity contribution in [3.8, 4) is 0 Å². The summed E-state index contributed by atoms with van der Waals surface area (Å²) >= 11 is 0. The van der Waals surface area contributed by atoms with Crippen molar-refractivity contribution in [3.05, 3.63) is 42.2 Å². The van der Waals surface area contributed by atoms with Crippen LogP contribution in [-0.4, -0.2) is 63.5 Å². The molecule has 2 aliphatic rings. The molecule has 1 aromatic carbocycles. The number of benzene rings is 1. The highest BCUT2D eigenvalue weighted by Gasteiger charge is 2.29. The normalized spacial score (nSPS) is 22.5. The summed E-state index contributed by atoms with van der Waals surface area (Å²) in [5.74, 6) is -0.225. The van der Waals surface area contributed by atoms with Gasteiger partial charge in [-0.15, -0.1) is 5.10 Å². The molecule has 0 spiro atoms. The second-order valence-corrected chi connectivity index (χ2v) is 6.73. The van der Waals surface area contributed by atoms with Gasteiger partial charge in [0.15, 0.2) is 12.4 Å². The highest BCUT2D eigenvalue weighted by molar-refractivity contribution is 6.01. The molecule has 0 N–H and O–H groups in total. The van der Waals surface area contributed by atoms with Crippen LogP contribution in [0, 0.1) is 0 Å². The van der Waals surface area contributed by atoms with Crippen LogP contribution in [-0.2, 0) is 16.2 Å². The van der Waals surface area contributed by atoms with Crippen molar-refractivity contribution in [2.45, 2.75) is 32.3 Å². The van der Waals surface area contributed by atoms with Gasteiger partial charge in [-0.2, -0.15) is 0 Å². The molecular weight excluding hydrogens is 351 g/mol. The molecule has 1 aromatic heterocycles. The molecule has 1 fully saturated rings. The molecule has 3 heterocycles. The lowest BCUT2D eigenvalue weighted by Crippen LogP contribution is -2.52. The number of oxime groups is 1. The number of carbonyl (C=O) groups excluding carboxylic acids is 1. The van der Waals surface area contributed by atoms with E-state index in [9.17, 15) is 9.18 Å². The smallest absolute Gasteiger partial charge is 0.221 e. The molecule has 0 saturated carbocycles. The predicted octanol–water partition coefficient (Wildman–Crippen LogP) is 1.44. The lowest BCUT2D eigenvalue weighted by atomic mass is 10.0. The highest BCUT2D eigenvalue weighted by atomic mass is 19.1. The third-order valence-corrected chi connectivity index (χ3v) is 4.89. The summed E-state index contributed by atoms with van der Waals surface area (Å²) in [5.41, 5.74) is 2.80. The maximum atomic E-state index is 14.2. The molecule has 2 atom stereocenters. The molecule has 142 valence electrons. The standard InChI is InChI=1S/C18H21FN6O2/c1-13(26)25-9-8-23(12-18(25)19)15-4-2-14(3-5-15)17-10-16(27-21-17)11-24-7-6-20-22-24/h2-7,16,18H,8-12H2,1H3/t16-,18?/m0/s1. The van der Waals surface area contributed by atoms with Crippen LogP contribution in [0.2, 0.25) is 0 Å². The zero-order chi connectivity index (χ0) is 18.8. The van der Waals surface area contributed by atoms with Crippen molar-refractivity contribution in [3.63, 3.8) is 0 Å². The SMILES string of the molecule is CC(=O)N1CCN(c2ccc(C3=NO[C@H](Cn4ccnn4)C3)cc2)CC1F. The Hall–Kier alpha value is -2.97. The van der Waals surface area contributed by atoms with Gasteiger partial charge in [0.2, 0.25) is 5.91 Å². The summed E-state index contributed by atoms with van der Waals surface area (Å²) in [7, 11) is 0. The fourth-order valence-corrected chi connectivity index (χ4v) is 3.43. The number of aromatic nitrogens is 3. The average Bonchev–Trinajstić information content (AvgIpc) is 3.34. The van der Waals surface area contributed by atoms with E-state index in [1.807, 2.05) is 29.2 Å². The minimum absolute atomic E-state index is 0.0617. The minimum Gasteiger partial charge on any atom is -0.390 e. The van der Waals surface area contributed by atoms with Crippen LogP contribution in [0.5, 0.6) is 0 Å². The van der Waals surface area contributed by atoms with Crippen LogP contribution in [0.1, 0.15) is 18.9 Å². The molecule has 4 rings (SSSR count). The summed E-state index contributed by atoms with van der Waals surface area (Å²) in [4.78, 5) is 20.1. The minimum atomic E-state index is -1.28. The number of hydrogen-bond acceptors (Lipinski definition) is 6. The quantitative estimate of drug-likeness (QED) is 0.759. The first kappa shape index (κ1) is 17.4. The van der Waals surface area contributed by atoms with Crippen molar-refractivity contribution in [2.75, 3.05) is 24.5 Å². The van der Waals surface area contributed by atoms with E-state index in [1.54, 1.807) is 17.1 Å². The molecule has 8 nitrogen and oxygen atoms in total. The monoisotopic (exact) mass is 372 g/mol. The van der Waals surface area contributed by atoms with Gasteiger partial charge in [-0.1, -0.05) is 22.5 Å². The summed E-state index contributed by atoms with van der Waals surface area (Å²) in [6.07, 6.45) is 2.78. The summed E-state index contributed by atoms with van der Waals surface area (Å²) in [6.45, 7) is 3.19. The van der Waals surface area contributed by atoms with Crippen LogP contribution in [0.4, 0.5) is 10.1 Å². The van der Waals surface area contributed by atoms with Crippen molar-refractivity contribution in [1.29, 1.82) is 0 Å². The third kappa shape index (κ3) is 3.76. The topological polar surface area (TPSA) is 75.8 Å². The van der Waals surface area contributed by atoms with Crippen molar-refractivity contribution in [1.82, 2.24) is 19.9 Å². The van der Waals surface area contributed by atoms with Crippen LogP contribution in [0.3, 0.4) is 0 Å². The van der Waals surface area contributed by atoms with E-state index >= 15 is 0 Å². The Morgan fingerprint density at radius 3 is 2.78 bits per heavy atom. The van der Waals surface area contributed by atoms with E-state index < -0.39 is 6.30 Å². The second-order valence-electron chi connectivity index (χ2n) is 6.73. The van der Waals surface area contributed by atoms with E-state index in [4.69, 9.17) is 4.84 Å². The number of anilines is 1. The molecule has 2 aliphatic heterocycles. The fourth-order valence-electron chi connectivity index (χ4n) is 3.43. The summed E-state index contributed by atoms with van der Waals surface area (Å²) in [5, 5.41) is 11.9. The zero-order valence-corrected chi connectivity index (χ0v) is 15.0. The number of hydrogen-bond donors (Lipinski definition) is 0. The number of nitrogens with zero attached hydrogens (tertiary/aromatic N) is 6. The lowest BCUT2D eigenvalue weighted by Gasteiger charge is -2.38. The average molecular weight is 372 g/mol. The van der Waals surface area contributed by atoms with Gasteiger partial charge in [0, 0.05) is 38.3 Å². The first-order valence-electron chi connectivity index (χ1n) is 8.93. The van der Waals surface area contributed by atoms with Gasteiger partial charge in [0.05, 0.1) is 25.0 Å². The maximum Gasteiger partial charge on any atom is 0.221 e. The van der Waals surface area contributed by atoms with Gasteiger partial charge in [-0.3, -0.25) is 4.79 Å². The van der Waals surface area contributed by atoms with Gasteiger partial charge in [-0.05, 0) is 17.7 Å². The van der Waals surface area contributed by atoms with Crippen LogP contribution >= 0.6 is 0 Å². The molecule has 1 unspecified atom stereocenters. The Kier molecular flexibility index (Phi) is 4.74. The van der Waals surface area contributed by atoms with Crippen LogP contribution in [0.25, 0.3) is 0 Å². The fraction of sp³-hybridized carbons (Fsp3) is 0.444. The number of halogens is 1. The first-order valence-corrected chi connectivity index (χ1v) is 8.93. The van der Waals surface area contributed by atoms with Gasteiger partial charge < -0.3 is 14.6 Å². The molecule has 2 aromatic rings. The number of amides is 1. The van der Waals surface area contributed by atoms with Gasteiger partial charge in [0.25, 0.3) is 0 Å². The Bertz CT molecular complexity index is 823. The molecule has 27 heavy (non-hydrogen) atoms. The van der Waals surface area contributed by atoms with E-state index in [-0.39, 0.29) is 18.6 Å². The van der Waals surface area contributed by atoms with Crippen LogP contribution < -0.4 is 4.90 Å². The Morgan fingerprint density at radius 2 is 2.11 bits per heavy atom. The first-order chi connectivity index (χ1) is 13.1. The maximum absolute atomic E-state index is 14.2. The van der Waals surface area contributed by atoms with Crippen molar-refractivity contribution < 1.29 is 14.0 Å². The molecule has 1 saturated heterocycles. The van der Waals surface area contributed by atoms with E-state index in [1.165, 1.54) is 11.8 Å². The second kappa shape index (κ2) is 7.34. The molecule has 9 heteroatoms. The summed E-state index contributed by atoms with van der Waals surface area (Å²) in [6, 6.07) is 7.86. The van der Waals surface area contributed by atoms with E-state index in [0.717, 1.165) is 17.0 Å². The Labute approximate surface area is 156 Å². The Balaban J connectivity index is 1.36. The molecular formula is C18H21FN6O2. The third-order valence-electron chi connectivity index (χ3n) is 4.89. The molecule has 1 amide bonds. The number of rotatable bonds is 4. The van der Waals surface area contributed by atoms with Crippen molar-refractivity contribution in [2.24, 2.45) is 5.16 Å². The molecule has 0 aliphatic carbocycles. The van der Waals surface area contributed by atoms with Crippen molar-refractivity contribution >= 4 is 17.3 Å². The predicted molar refractivity (Wildman–Crippen MR) is 97.0 cm³/mol. The highest BCUT2D eigenvalue weighted by Crippen LogP contribution is 2.23. The number of carbonyl (C=O) groups is 1.